The van der Waals surface area contributed by atoms with Crippen molar-refractivity contribution in [2.75, 3.05) is 6.61 Å². The minimum absolute atomic E-state index is 0.0343. The Bertz CT molecular complexity index is 692. The van der Waals surface area contributed by atoms with E-state index in [2.05, 4.69) is 10.3 Å². The van der Waals surface area contributed by atoms with Crippen molar-refractivity contribution < 1.29 is 19.4 Å². The SMILES string of the molecule is CCCCc1c(C(=O)O)nnn1-c1ccc(C(=O)OCC)cc1. The van der Waals surface area contributed by atoms with E-state index in [0.29, 0.717) is 30.0 Å². The molecular weight excluding hydrogens is 298 g/mol. The normalized spacial score (nSPS) is 10.5. The van der Waals surface area contributed by atoms with Gasteiger partial charge in [0.1, 0.15) is 0 Å². The molecule has 2 aromatic rings. The summed E-state index contributed by atoms with van der Waals surface area (Å²) in [6.07, 6.45) is 2.35. The van der Waals surface area contributed by atoms with Crippen LogP contribution in [-0.2, 0) is 11.2 Å². The Hall–Kier alpha value is -2.70. The molecular formula is C16H19N3O4. The first-order valence-corrected chi connectivity index (χ1v) is 7.53. The van der Waals surface area contributed by atoms with Crippen LogP contribution in [0.15, 0.2) is 24.3 Å². The largest absolute Gasteiger partial charge is 0.476 e. The van der Waals surface area contributed by atoms with Crippen LogP contribution in [0.25, 0.3) is 5.69 Å². The van der Waals surface area contributed by atoms with Crippen LogP contribution in [0.3, 0.4) is 0 Å². The standard InChI is InChI=1S/C16H19N3O4/c1-3-5-6-13-14(15(20)21)17-18-19(13)12-9-7-11(8-10-12)16(22)23-4-2/h7-10H,3-6H2,1-2H3,(H,20,21). The number of ether oxygens (including phenoxy) is 1. The number of carboxylic acids is 1. The van der Waals surface area contributed by atoms with Gasteiger partial charge in [0, 0.05) is 0 Å². The lowest BCUT2D eigenvalue weighted by atomic mass is 10.1. The molecule has 0 unspecified atom stereocenters. The van der Waals surface area contributed by atoms with Gasteiger partial charge in [-0.25, -0.2) is 14.3 Å². The van der Waals surface area contributed by atoms with Gasteiger partial charge in [0.2, 0.25) is 0 Å². The molecule has 0 aliphatic rings. The number of benzene rings is 1. The second kappa shape index (κ2) is 7.53. The van der Waals surface area contributed by atoms with E-state index < -0.39 is 11.9 Å². The maximum Gasteiger partial charge on any atom is 0.358 e. The number of aromatic carboxylic acids is 1. The molecule has 0 saturated carbocycles. The molecule has 122 valence electrons. The van der Waals surface area contributed by atoms with Gasteiger partial charge in [0.15, 0.2) is 5.69 Å². The van der Waals surface area contributed by atoms with E-state index in [4.69, 9.17) is 4.74 Å². The van der Waals surface area contributed by atoms with Crippen LogP contribution >= 0.6 is 0 Å². The number of carboxylic acid groups (broad SMARTS) is 1. The Morgan fingerprint density at radius 2 is 1.91 bits per heavy atom. The van der Waals surface area contributed by atoms with Gasteiger partial charge < -0.3 is 9.84 Å². The lowest BCUT2D eigenvalue weighted by Gasteiger charge is -2.07. The van der Waals surface area contributed by atoms with Gasteiger partial charge in [-0.15, -0.1) is 5.10 Å². The number of carbonyl (C=O) groups excluding carboxylic acids is 1. The number of rotatable bonds is 7. The Morgan fingerprint density at radius 1 is 1.22 bits per heavy atom. The number of aromatic nitrogens is 3. The van der Waals surface area contributed by atoms with Crippen molar-refractivity contribution in [1.29, 1.82) is 0 Å². The Labute approximate surface area is 133 Å². The lowest BCUT2D eigenvalue weighted by molar-refractivity contribution is 0.0526. The first kappa shape index (κ1) is 16.7. The fourth-order valence-corrected chi connectivity index (χ4v) is 2.20. The number of esters is 1. The maximum absolute atomic E-state index is 11.7. The highest BCUT2D eigenvalue weighted by Crippen LogP contribution is 2.17. The number of hydrogen-bond donors (Lipinski definition) is 1. The summed E-state index contributed by atoms with van der Waals surface area (Å²) >= 11 is 0. The Kier molecular flexibility index (Phi) is 5.46. The fourth-order valence-electron chi connectivity index (χ4n) is 2.20. The molecule has 0 aliphatic carbocycles. The van der Waals surface area contributed by atoms with E-state index in [-0.39, 0.29) is 5.69 Å². The third-order valence-electron chi connectivity index (χ3n) is 3.36. The summed E-state index contributed by atoms with van der Waals surface area (Å²) in [7, 11) is 0. The topological polar surface area (TPSA) is 94.3 Å². The van der Waals surface area contributed by atoms with E-state index in [1.807, 2.05) is 6.92 Å². The number of unbranched alkanes of at least 4 members (excludes halogenated alkanes) is 1. The average molecular weight is 317 g/mol. The molecule has 0 saturated heterocycles. The quantitative estimate of drug-likeness (QED) is 0.788. The second-order valence-electron chi connectivity index (χ2n) is 4.97. The Balaban J connectivity index is 2.34. The highest BCUT2D eigenvalue weighted by molar-refractivity contribution is 5.89. The van der Waals surface area contributed by atoms with Crippen LogP contribution < -0.4 is 0 Å². The van der Waals surface area contributed by atoms with Crippen molar-refractivity contribution in [3.8, 4) is 5.69 Å². The third kappa shape index (κ3) is 3.74. The molecule has 1 aromatic heterocycles. The van der Waals surface area contributed by atoms with E-state index in [1.165, 1.54) is 4.68 Å². The first-order chi connectivity index (χ1) is 11.1. The highest BCUT2D eigenvalue weighted by Gasteiger charge is 2.19. The zero-order valence-corrected chi connectivity index (χ0v) is 13.2. The number of hydrogen-bond acceptors (Lipinski definition) is 5. The minimum atomic E-state index is -1.09. The molecule has 0 atom stereocenters. The second-order valence-corrected chi connectivity index (χ2v) is 4.97. The lowest BCUT2D eigenvalue weighted by Crippen LogP contribution is -2.08. The predicted molar refractivity (Wildman–Crippen MR) is 82.9 cm³/mol. The first-order valence-electron chi connectivity index (χ1n) is 7.53. The summed E-state index contributed by atoms with van der Waals surface area (Å²) in [6, 6.07) is 6.64. The number of carbonyl (C=O) groups is 2. The smallest absolute Gasteiger partial charge is 0.358 e. The van der Waals surface area contributed by atoms with Crippen molar-refractivity contribution in [3.63, 3.8) is 0 Å². The highest BCUT2D eigenvalue weighted by atomic mass is 16.5. The molecule has 7 nitrogen and oxygen atoms in total. The molecule has 0 fully saturated rings. The molecule has 0 spiro atoms. The summed E-state index contributed by atoms with van der Waals surface area (Å²) in [5, 5.41) is 16.9. The summed E-state index contributed by atoms with van der Waals surface area (Å²) < 4.78 is 6.44. The van der Waals surface area contributed by atoms with Crippen LogP contribution in [0.1, 0.15) is 53.2 Å². The molecule has 7 heteroatoms. The van der Waals surface area contributed by atoms with E-state index in [1.54, 1.807) is 31.2 Å². The van der Waals surface area contributed by atoms with E-state index in [0.717, 1.165) is 12.8 Å². The zero-order chi connectivity index (χ0) is 16.8. The fraction of sp³-hybridized carbons (Fsp3) is 0.375. The summed E-state index contributed by atoms with van der Waals surface area (Å²) in [6.45, 7) is 4.09. The summed E-state index contributed by atoms with van der Waals surface area (Å²) in [5.74, 6) is -1.49. The average Bonchev–Trinajstić information content (AvgIpc) is 2.97. The molecule has 23 heavy (non-hydrogen) atoms. The minimum Gasteiger partial charge on any atom is -0.476 e. The van der Waals surface area contributed by atoms with Gasteiger partial charge >= 0.3 is 11.9 Å². The van der Waals surface area contributed by atoms with Crippen LogP contribution in [0.4, 0.5) is 0 Å². The van der Waals surface area contributed by atoms with Gasteiger partial charge in [0.25, 0.3) is 0 Å². The number of nitrogens with zero attached hydrogens (tertiary/aromatic N) is 3. The predicted octanol–water partition coefficient (Wildman–Crippen LogP) is 2.48. The van der Waals surface area contributed by atoms with Crippen LogP contribution in [0.5, 0.6) is 0 Å². The molecule has 1 N–H and O–H groups in total. The molecule has 0 bridgehead atoms. The Morgan fingerprint density at radius 3 is 2.48 bits per heavy atom. The zero-order valence-electron chi connectivity index (χ0n) is 13.2. The van der Waals surface area contributed by atoms with E-state index >= 15 is 0 Å². The van der Waals surface area contributed by atoms with Gasteiger partial charge in [-0.05, 0) is 44.0 Å². The molecule has 0 amide bonds. The van der Waals surface area contributed by atoms with Crippen LogP contribution in [-0.4, -0.2) is 38.6 Å². The summed E-state index contributed by atoms with van der Waals surface area (Å²) in [5.41, 5.74) is 1.62. The summed E-state index contributed by atoms with van der Waals surface area (Å²) in [4.78, 5) is 22.9. The van der Waals surface area contributed by atoms with Gasteiger partial charge in [0.05, 0.1) is 23.6 Å². The monoisotopic (exact) mass is 317 g/mol. The molecule has 1 heterocycles. The molecule has 0 radical (unpaired) electrons. The van der Waals surface area contributed by atoms with Crippen molar-refractivity contribution in [1.82, 2.24) is 15.0 Å². The van der Waals surface area contributed by atoms with Crippen LogP contribution in [0.2, 0.25) is 0 Å². The van der Waals surface area contributed by atoms with Crippen molar-refractivity contribution in [2.45, 2.75) is 33.1 Å². The molecule has 1 aromatic carbocycles. The van der Waals surface area contributed by atoms with Crippen molar-refractivity contribution in [2.24, 2.45) is 0 Å². The van der Waals surface area contributed by atoms with Crippen LogP contribution in [0, 0.1) is 0 Å². The third-order valence-corrected chi connectivity index (χ3v) is 3.36. The van der Waals surface area contributed by atoms with Gasteiger partial charge in [-0.2, -0.15) is 0 Å². The van der Waals surface area contributed by atoms with Gasteiger partial charge in [-0.1, -0.05) is 18.6 Å². The van der Waals surface area contributed by atoms with Crippen molar-refractivity contribution in [3.05, 3.63) is 41.2 Å². The molecule has 2 rings (SSSR count). The maximum atomic E-state index is 11.7. The van der Waals surface area contributed by atoms with Gasteiger partial charge in [-0.3, -0.25) is 0 Å². The molecule has 0 aliphatic heterocycles. The van der Waals surface area contributed by atoms with Crippen molar-refractivity contribution >= 4 is 11.9 Å². The van der Waals surface area contributed by atoms with E-state index in [9.17, 15) is 14.7 Å².